The fraction of sp³-hybridized carbons (Fsp3) is 0.353. The minimum atomic E-state index is -3.58. The maximum Gasteiger partial charge on any atom is 0.240 e. The Labute approximate surface area is 163 Å². The molecule has 9 heteroatoms. The van der Waals surface area contributed by atoms with Crippen LogP contribution in [-0.2, 0) is 16.6 Å². The number of benzene rings is 1. The molecule has 1 aromatic heterocycles. The normalized spacial score (nSPS) is 12.2. The predicted octanol–water partition coefficient (Wildman–Crippen LogP) is 2.74. The quantitative estimate of drug-likeness (QED) is 0.352. The van der Waals surface area contributed by atoms with Crippen molar-refractivity contribution in [1.29, 1.82) is 0 Å². The number of aryl methyl sites for hydroxylation is 1. The summed E-state index contributed by atoms with van der Waals surface area (Å²) in [6.07, 6.45) is 0. The lowest BCUT2D eigenvalue weighted by Gasteiger charge is -2.12. The fourth-order valence-electron chi connectivity index (χ4n) is 2.14. The van der Waals surface area contributed by atoms with Gasteiger partial charge in [-0.3, -0.25) is 0 Å². The third-order valence-corrected chi connectivity index (χ3v) is 6.21. The molecule has 0 aliphatic carbocycles. The molecule has 0 aliphatic heterocycles. The average molecular weight is 415 g/mol. The highest BCUT2D eigenvalue weighted by Gasteiger charge is 2.13. The van der Waals surface area contributed by atoms with Gasteiger partial charge in [0.15, 0.2) is 5.96 Å². The minimum Gasteiger partial charge on any atom is -0.357 e. The molecule has 1 heterocycles. The largest absolute Gasteiger partial charge is 0.357 e. The van der Waals surface area contributed by atoms with Gasteiger partial charge in [-0.05, 0) is 49.1 Å². The van der Waals surface area contributed by atoms with Crippen molar-refractivity contribution in [3.8, 4) is 0 Å². The molecule has 0 saturated carbocycles. The van der Waals surface area contributed by atoms with E-state index in [4.69, 9.17) is 11.6 Å². The van der Waals surface area contributed by atoms with Gasteiger partial charge in [0.05, 0.1) is 11.4 Å². The SMILES string of the molecule is CCNC(=NCc1sccc1C)NCCNS(=O)(=O)c1cccc(Cl)c1. The first-order valence-electron chi connectivity index (χ1n) is 8.22. The highest BCUT2D eigenvalue weighted by Crippen LogP contribution is 2.16. The van der Waals surface area contributed by atoms with E-state index in [-0.39, 0.29) is 11.4 Å². The van der Waals surface area contributed by atoms with Gasteiger partial charge in [-0.15, -0.1) is 11.3 Å². The van der Waals surface area contributed by atoms with Crippen molar-refractivity contribution in [3.05, 3.63) is 51.2 Å². The van der Waals surface area contributed by atoms with Crippen LogP contribution in [0.4, 0.5) is 0 Å². The molecule has 6 nitrogen and oxygen atoms in total. The molecule has 0 radical (unpaired) electrons. The van der Waals surface area contributed by atoms with Crippen LogP contribution in [0.25, 0.3) is 0 Å². The molecular formula is C17H23ClN4O2S2. The summed E-state index contributed by atoms with van der Waals surface area (Å²) in [6, 6.07) is 8.25. The molecule has 0 bridgehead atoms. The van der Waals surface area contributed by atoms with Crippen molar-refractivity contribution in [2.24, 2.45) is 4.99 Å². The molecule has 0 aliphatic rings. The van der Waals surface area contributed by atoms with Crippen LogP contribution in [0.3, 0.4) is 0 Å². The maximum absolute atomic E-state index is 12.2. The van der Waals surface area contributed by atoms with Crippen molar-refractivity contribution in [3.63, 3.8) is 0 Å². The van der Waals surface area contributed by atoms with Crippen LogP contribution in [0.5, 0.6) is 0 Å². The zero-order valence-electron chi connectivity index (χ0n) is 14.8. The first kappa shape index (κ1) is 20.7. The fourth-order valence-corrected chi connectivity index (χ4v) is 4.30. The summed E-state index contributed by atoms with van der Waals surface area (Å²) in [5, 5.41) is 8.71. The lowest BCUT2D eigenvalue weighted by Crippen LogP contribution is -2.41. The van der Waals surface area contributed by atoms with Crippen LogP contribution in [0.15, 0.2) is 45.6 Å². The molecule has 0 unspecified atom stereocenters. The Morgan fingerprint density at radius 3 is 2.69 bits per heavy atom. The lowest BCUT2D eigenvalue weighted by molar-refractivity contribution is 0.580. The van der Waals surface area contributed by atoms with Crippen LogP contribution in [0.2, 0.25) is 5.02 Å². The molecule has 26 heavy (non-hydrogen) atoms. The van der Waals surface area contributed by atoms with Crippen LogP contribution >= 0.6 is 22.9 Å². The number of sulfonamides is 1. The number of hydrogen-bond acceptors (Lipinski definition) is 4. The summed E-state index contributed by atoms with van der Waals surface area (Å²) in [4.78, 5) is 5.89. The van der Waals surface area contributed by atoms with Crippen molar-refractivity contribution in [1.82, 2.24) is 15.4 Å². The van der Waals surface area contributed by atoms with Crippen molar-refractivity contribution in [2.75, 3.05) is 19.6 Å². The predicted molar refractivity (Wildman–Crippen MR) is 109 cm³/mol. The highest BCUT2D eigenvalue weighted by molar-refractivity contribution is 7.89. The highest BCUT2D eigenvalue weighted by atomic mass is 35.5. The Morgan fingerprint density at radius 2 is 2.04 bits per heavy atom. The Morgan fingerprint density at radius 1 is 1.23 bits per heavy atom. The summed E-state index contributed by atoms with van der Waals surface area (Å²) in [6.45, 7) is 6.00. The van der Waals surface area contributed by atoms with E-state index in [1.807, 2.05) is 12.3 Å². The smallest absolute Gasteiger partial charge is 0.240 e. The van der Waals surface area contributed by atoms with Crippen LogP contribution in [0.1, 0.15) is 17.4 Å². The molecule has 1 aromatic carbocycles. The third-order valence-electron chi connectivity index (χ3n) is 3.51. The van der Waals surface area contributed by atoms with Crippen molar-refractivity contribution in [2.45, 2.75) is 25.3 Å². The summed E-state index contributed by atoms with van der Waals surface area (Å²) in [5.41, 5.74) is 1.23. The van der Waals surface area contributed by atoms with E-state index in [1.165, 1.54) is 22.6 Å². The average Bonchev–Trinajstić information content (AvgIpc) is 3.01. The molecule has 0 saturated heterocycles. The molecule has 0 atom stereocenters. The number of guanidine groups is 1. The van der Waals surface area contributed by atoms with E-state index < -0.39 is 10.0 Å². The van der Waals surface area contributed by atoms with Gasteiger partial charge in [0.1, 0.15) is 0 Å². The zero-order chi connectivity index (χ0) is 19.0. The molecular weight excluding hydrogens is 392 g/mol. The van der Waals surface area contributed by atoms with E-state index in [2.05, 4.69) is 33.3 Å². The van der Waals surface area contributed by atoms with Crippen LogP contribution < -0.4 is 15.4 Å². The van der Waals surface area contributed by atoms with Gasteiger partial charge in [-0.2, -0.15) is 0 Å². The summed E-state index contributed by atoms with van der Waals surface area (Å²) >= 11 is 7.52. The standard InChI is InChI=1S/C17H23ClN4O2S2/c1-3-19-17(21-12-16-13(2)7-10-25-16)20-8-9-22-26(23,24)15-6-4-5-14(18)11-15/h4-7,10-11,22H,3,8-9,12H2,1-2H3,(H2,19,20,21). The second-order valence-electron chi connectivity index (χ2n) is 5.50. The number of nitrogens with one attached hydrogen (secondary N) is 3. The van der Waals surface area contributed by atoms with E-state index in [0.29, 0.717) is 24.1 Å². The van der Waals surface area contributed by atoms with E-state index in [0.717, 1.165) is 6.54 Å². The monoisotopic (exact) mass is 414 g/mol. The second-order valence-corrected chi connectivity index (χ2v) is 8.71. The number of rotatable bonds is 8. The third kappa shape index (κ3) is 6.28. The summed E-state index contributed by atoms with van der Waals surface area (Å²) in [5.74, 6) is 0.655. The van der Waals surface area contributed by atoms with Crippen LogP contribution in [0, 0.1) is 6.92 Å². The molecule has 0 fully saturated rings. The Bertz CT molecular complexity index is 850. The summed E-state index contributed by atoms with van der Waals surface area (Å²) < 4.78 is 27.0. The number of halogens is 1. The Balaban J connectivity index is 1.86. The van der Waals surface area contributed by atoms with E-state index in [1.54, 1.807) is 23.5 Å². The van der Waals surface area contributed by atoms with Gasteiger partial charge in [-0.1, -0.05) is 17.7 Å². The summed E-state index contributed by atoms with van der Waals surface area (Å²) in [7, 11) is -3.58. The molecule has 2 aromatic rings. The first-order chi connectivity index (χ1) is 12.4. The van der Waals surface area contributed by atoms with Crippen LogP contribution in [-0.4, -0.2) is 34.0 Å². The number of hydrogen-bond donors (Lipinski definition) is 3. The maximum atomic E-state index is 12.2. The number of aliphatic imine (C=N–C) groups is 1. The first-order valence-corrected chi connectivity index (χ1v) is 11.0. The molecule has 142 valence electrons. The van der Waals surface area contributed by atoms with Crippen molar-refractivity contribution >= 4 is 38.9 Å². The number of nitrogens with zero attached hydrogens (tertiary/aromatic N) is 1. The lowest BCUT2D eigenvalue weighted by atomic mass is 10.3. The Hall–Kier alpha value is -1.61. The van der Waals surface area contributed by atoms with Gasteiger partial charge in [0.2, 0.25) is 10.0 Å². The Kier molecular flexibility index (Phi) is 7.89. The van der Waals surface area contributed by atoms with Crippen molar-refractivity contribution < 1.29 is 8.42 Å². The number of thiophene rings is 1. The van der Waals surface area contributed by atoms with Gasteiger partial charge >= 0.3 is 0 Å². The van der Waals surface area contributed by atoms with E-state index in [9.17, 15) is 8.42 Å². The zero-order valence-corrected chi connectivity index (χ0v) is 17.1. The van der Waals surface area contributed by atoms with Gasteiger partial charge in [0, 0.05) is 29.5 Å². The second kappa shape index (κ2) is 9.91. The minimum absolute atomic E-state index is 0.152. The molecule has 3 N–H and O–H groups in total. The van der Waals surface area contributed by atoms with Gasteiger partial charge in [0.25, 0.3) is 0 Å². The van der Waals surface area contributed by atoms with Gasteiger partial charge in [-0.25, -0.2) is 18.1 Å². The van der Waals surface area contributed by atoms with E-state index >= 15 is 0 Å². The topological polar surface area (TPSA) is 82.6 Å². The molecule has 2 rings (SSSR count). The molecule has 0 spiro atoms. The van der Waals surface area contributed by atoms with Gasteiger partial charge < -0.3 is 10.6 Å². The molecule has 0 amide bonds.